The Balaban J connectivity index is 0.00000264. The molecule has 0 aliphatic rings. The van der Waals surface area contributed by atoms with Gasteiger partial charge in [-0.2, -0.15) is 0 Å². The first-order valence-electron chi connectivity index (χ1n) is 6.87. The first-order valence-corrected chi connectivity index (χ1v) is 6.87. The Bertz CT molecular complexity index is 645. The van der Waals surface area contributed by atoms with E-state index < -0.39 is 6.04 Å². The van der Waals surface area contributed by atoms with Crippen LogP contribution >= 0.6 is 12.4 Å². The van der Waals surface area contributed by atoms with Crippen molar-refractivity contribution in [1.29, 1.82) is 0 Å². The lowest BCUT2D eigenvalue weighted by molar-refractivity contribution is -0.125. The highest BCUT2D eigenvalue weighted by Gasteiger charge is 2.16. The molecule has 0 bridgehead atoms. The molecule has 8 heteroatoms. The second-order valence-electron chi connectivity index (χ2n) is 4.70. The maximum absolute atomic E-state index is 11.7. The number of amides is 2. The molecule has 0 fully saturated rings. The average Bonchev–Trinajstić information content (AvgIpc) is 3.03. The van der Waals surface area contributed by atoms with Crippen LogP contribution in [0, 0.1) is 0 Å². The molecule has 2 amide bonds. The fourth-order valence-electron chi connectivity index (χ4n) is 1.83. The van der Waals surface area contributed by atoms with Gasteiger partial charge in [-0.3, -0.25) is 9.59 Å². The lowest BCUT2D eigenvalue weighted by atomic mass is 10.2. The number of oxazole rings is 1. The molecule has 23 heavy (non-hydrogen) atoms. The zero-order valence-electron chi connectivity index (χ0n) is 12.6. The zero-order chi connectivity index (χ0) is 15.9. The van der Waals surface area contributed by atoms with E-state index in [-0.39, 0.29) is 37.3 Å². The Hall–Kier alpha value is -2.38. The van der Waals surface area contributed by atoms with Crippen molar-refractivity contribution in [2.75, 3.05) is 13.1 Å². The Morgan fingerprint density at radius 2 is 1.96 bits per heavy atom. The number of benzene rings is 1. The molecule has 124 valence electrons. The maximum Gasteiger partial charge on any atom is 0.240 e. The molecular formula is C15H19ClN4O3. The Kier molecular flexibility index (Phi) is 7.24. The number of carbonyl (C=O) groups excluding carboxylic acids is 2. The second-order valence-corrected chi connectivity index (χ2v) is 4.70. The maximum atomic E-state index is 11.7. The predicted octanol–water partition coefficient (Wildman–Crippen LogP) is 1.02. The largest absolute Gasteiger partial charge is 0.438 e. The lowest BCUT2D eigenvalue weighted by Gasteiger charge is -2.10. The Morgan fingerprint density at radius 3 is 2.61 bits per heavy atom. The molecular weight excluding hydrogens is 320 g/mol. The van der Waals surface area contributed by atoms with Crippen LogP contribution in [0.2, 0.25) is 0 Å². The van der Waals surface area contributed by atoms with Crippen LogP contribution in [0.4, 0.5) is 0 Å². The molecule has 0 aliphatic heterocycles. The van der Waals surface area contributed by atoms with E-state index >= 15 is 0 Å². The fourth-order valence-corrected chi connectivity index (χ4v) is 1.83. The van der Waals surface area contributed by atoms with Crippen molar-refractivity contribution in [1.82, 2.24) is 15.6 Å². The van der Waals surface area contributed by atoms with Gasteiger partial charge in [0.2, 0.25) is 17.7 Å². The number of nitrogens with zero attached hydrogens (tertiary/aromatic N) is 1. The topological polar surface area (TPSA) is 110 Å². The predicted molar refractivity (Wildman–Crippen MR) is 87.8 cm³/mol. The van der Waals surface area contributed by atoms with Gasteiger partial charge in [-0.1, -0.05) is 30.3 Å². The number of nitrogens with one attached hydrogen (secondary N) is 2. The molecule has 0 saturated carbocycles. The van der Waals surface area contributed by atoms with E-state index in [1.54, 1.807) is 13.1 Å². The molecule has 1 unspecified atom stereocenters. The van der Waals surface area contributed by atoms with Gasteiger partial charge in [0.05, 0.1) is 19.3 Å². The molecule has 1 aromatic carbocycles. The molecule has 7 nitrogen and oxygen atoms in total. The van der Waals surface area contributed by atoms with Crippen molar-refractivity contribution < 1.29 is 14.0 Å². The summed E-state index contributed by atoms with van der Waals surface area (Å²) >= 11 is 0. The summed E-state index contributed by atoms with van der Waals surface area (Å²) in [5.41, 5.74) is 6.05. The summed E-state index contributed by atoms with van der Waals surface area (Å²) in [6, 6.07) is 9.15. The number of carbonyl (C=O) groups is 2. The van der Waals surface area contributed by atoms with Gasteiger partial charge in [-0.05, 0) is 6.92 Å². The quantitative estimate of drug-likeness (QED) is 0.728. The second kappa shape index (κ2) is 8.92. The molecule has 1 aromatic heterocycles. The molecule has 0 radical (unpaired) electrons. The molecule has 4 N–H and O–H groups in total. The molecule has 0 aliphatic carbocycles. The van der Waals surface area contributed by atoms with Crippen LogP contribution in [-0.2, 0) is 9.59 Å². The van der Waals surface area contributed by atoms with Gasteiger partial charge in [0, 0.05) is 5.56 Å². The number of hydrogen-bond acceptors (Lipinski definition) is 5. The number of halogens is 1. The molecule has 0 spiro atoms. The van der Waals surface area contributed by atoms with E-state index in [1.165, 1.54) is 0 Å². The van der Waals surface area contributed by atoms with Crippen LogP contribution in [0.25, 0.3) is 11.3 Å². The minimum atomic E-state index is -0.403. The summed E-state index contributed by atoms with van der Waals surface area (Å²) in [5.74, 6) is 0.310. The molecule has 1 atom stereocenters. The van der Waals surface area contributed by atoms with Crippen LogP contribution in [0.5, 0.6) is 0 Å². The zero-order valence-corrected chi connectivity index (χ0v) is 13.4. The summed E-state index contributed by atoms with van der Waals surface area (Å²) in [4.78, 5) is 26.8. The first kappa shape index (κ1) is 18.7. The van der Waals surface area contributed by atoms with E-state index in [2.05, 4.69) is 15.6 Å². The SMILES string of the molecule is CC(NC(=O)CNC(=O)CN)c1ncc(-c2ccccc2)o1.Cl. The summed E-state index contributed by atoms with van der Waals surface area (Å²) in [6.45, 7) is 1.47. The van der Waals surface area contributed by atoms with Crippen LogP contribution in [0.15, 0.2) is 40.9 Å². The van der Waals surface area contributed by atoms with Crippen LogP contribution in [0.3, 0.4) is 0 Å². The van der Waals surface area contributed by atoms with Crippen molar-refractivity contribution in [3.63, 3.8) is 0 Å². The summed E-state index contributed by atoms with van der Waals surface area (Å²) < 4.78 is 5.65. The average molecular weight is 339 g/mol. The van der Waals surface area contributed by atoms with Crippen LogP contribution in [0.1, 0.15) is 18.9 Å². The van der Waals surface area contributed by atoms with Gasteiger partial charge >= 0.3 is 0 Å². The lowest BCUT2D eigenvalue weighted by Crippen LogP contribution is -2.40. The minimum absolute atomic E-state index is 0. The van der Waals surface area contributed by atoms with E-state index in [0.717, 1.165) is 5.56 Å². The third-order valence-corrected chi connectivity index (χ3v) is 2.96. The summed E-state index contributed by atoms with van der Waals surface area (Å²) in [6.07, 6.45) is 1.61. The van der Waals surface area contributed by atoms with E-state index in [0.29, 0.717) is 11.7 Å². The van der Waals surface area contributed by atoms with E-state index in [1.807, 2.05) is 30.3 Å². The summed E-state index contributed by atoms with van der Waals surface area (Å²) in [5, 5.41) is 5.08. The molecule has 1 heterocycles. The van der Waals surface area contributed by atoms with Gasteiger partial charge in [0.1, 0.15) is 6.04 Å². The van der Waals surface area contributed by atoms with Gasteiger partial charge < -0.3 is 20.8 Å². The highest BCUT2D eigenvalue weighted by atomic mass is 35.5. The Morgan fingerprint density at radius 1 is 1.26 bits per heavy atom. The minimum Gasteiger partial charge on any atom is -0.438 e. The monoisotopic (exact) mass is 338 g/mol. The highest BCUT2D eigenvalue weighted by Crippen LogP contribution is 2.22. The van der Waals surface area contributed by atoms with Gasteiger partial charge in [-0.15, -0.1) is 12.4 Å². The van der Waals surface area contributed by atoms with Crippen molar-refractivity contribution in [3.8, 4) is 11.3 Å². The summed E-state index contributed by atoms with van der Waals surface area (Å²) in [7, 11) is 0. The standard InChI is InChI=1S/C15H18N4O3.ClH/c1-10(19-14(21)9-17-13(20)7-16)15-18-8-12(22-15)11-5-3-2-4-6-11;/h2-6,8,10H,7,9,16H2,1H3,(H,17,20)(H,19,21);1H. The number of rotatable bonds is 6. The van der Waals surface area contributed by atoms with Crippen molar-refractivity contribution in [3.05, 3.63) is 42.4 Å². The smallest absolute Gasteiger partial charge is 0.240 e. The van der Waals surface area contributed by atoms with Crippen molar-refractivity contribution in [2.24, 2.45) is 5.73 Å². The Labute approximate surface area is 140 Å². The van der Waals surface area contributed by atoms with Crippen LogP contribution < -0.4 is 16.4 Å². The van der Waals surface area contributed by atoms with E-state index in [4.69, 9.17) is 10.2 Å². The third kappa shape index (κ3) is 5.39. The first-order chi connectivity index (χ1) is 10.6. The molecule has 0 saturated heterocycles. The third-order valence-electron chi connectivity index (χ3n) is 2.96. The van der Waals surface area contributed by atoms with Gasteiger partial charge in [0.15, 0.2) is 5.76 Å². The highest BCUT2D eigenvalue weighted by molar-refractivity contribution is 5.85. The van der Waals surface area contributed by atoms with Crippen molar-refractivity contribution >= 4 is 24.2 Å². The normalized spacial score (nSPS) is 11.2. The number of aromatic nitrogens is 1. The van der Waals surface area contributed by atoms with E-state index in [9.17, 15) is 9.59 Å². The fraction of sp³-hybridized carbons (Fsp3) is 0.267. The van der Waals surface area contributed by atoms with Gasteiger partial charge in [-0.25, -0.2) is 4.98 Å². The van der Waals surface area contributed by atoms with Gasteiger partial charge in [0.25, 0.3) is 0 Å². The van der Waals surface area contributed by atoms with Crippen LogP contribution in [-0.4, -0.2) is 29.9 Å². The molecule has 2 aromatic rings. The number of nitrogens with two attached hydrogens (primary N) is 1. The molecule has 2 rings (SSSR count). The number of hydrogen-bond donors (Lipinski definition) is 3. The van der Waals surface area contributed by atoms with Crippen molar-refractivity contribution in [2.45, 2.75) is 13.0 Å².